The average Bonchev–Trinajstić information content (AvgIpc) is 2.86. The Hall–Kier alpha value is -1.04. The van der Waals surface area contributed by atoms with Crippen molar-refractivity contribution in [2.45, 2.75) is 25.2 Å². The Morgan fingerprint density at radius 1 is 1.11 bits per heavy atom. The lowest BCUT2D eigenvalue weighted by atomic mass is 10.0. The minimum absolute atomic E-state index is 0.407. The summed E-state index contributed by atoms with van der Waals surface area (Å²) in [6, 6.07) is 4.32. The molecule has 1 spiro atoms. The van der Waals surface area contributed by atoms with E-state index in [0.717, 1.165) is 32.0 Å². The fourth-order valence-electron chi connectivity index (χ4n) is 2.75. The van der Waals surface area contributed by atoms with E-state index in [-0.39, 0.29) is 0 Å². The van der Waals surface area contributed by atoms with Gasteiger partial charge in [-0.25, -0.2) is 8.78 Å². The first-order valence-electron chi connectivity index (χ1n) is 6.62. The Morgan fingerprint density at radius 2 is 1.79 bits per heavy atom. The van der Waals surface area contributed by atoms with Crippen molar-refractivity contribution in [1.82, 2.24) is 4.90 Å². The molecule has 0 radical (unpaired) electrons. The number of halogens is 2. The van der Waals surface area contributed by atoms with Crippen LogP contribution in [0.3, 0.4) is 0 Å². The number of hydrogen-bond acceptors (Lipinski definition) is 3. The standard InChI is InChI=1S/C14H17F2NO2/c15-12-3-1-2-11(13(12)16)10-17-6-4-14(5-7-17)18-8-9-19-14/h1-3H,4-10H2. The molecule has 2 aliphatic heterocycles. The quantitative estimate of drug-likeness (QED) is 0.822. The largest absolute Gasteiger partial charge is 0.347 e. The number of hydrogen-bond donors (Lipinski definition) is 0. The fourth-order valence-corrected chi connectivity index (χ4v) is 2.75. The lowest BCUT2D eigenvalue weighted by Crippen LogP contribution is -2.44. The van der Waals surface area contributed by atoms with Crippen LogP contribution in [-0.2, 0) is 16.0 Å². The molecule has 0 atom stereocenters. The molecule has 104 valence electrons. The van der Waals surface area contributed by atoms with Gasteiger partial charge in [0.05, 0.1) is 13.2 Å². The van der Waals surface area contributed by atoms with Crippen LogP contribution in [0.4, 0.5) is 8.78 Å². The second-order valence-corrected chi connectivity index (χ2v) is 5.10. The summed E-state index contributed by atoms with van der Waals surface area (Å²) in [4.78, 5) is 2.11. The predicted octanol–water partition coefficient (Wildman–Crippen LogP) is 2.30. The first-order chi connectivity index (χ1) is 9.19. The lowest BCUT2D eigenvalue weighted by Gasteiger charge is -2.37. The van der Waals surface area contributed by atoms with E-state index in [9.17, 15) is 8.78 Å². The van der Waals surface area contributed by atoms with Gasteiger partial charge in [0, 0.05) is 38.0 Å². The van der Waals surface area contributed by atoms with Crippen LogP contribution in [-0.4, -0.2) is 37.0 Å². The van der Waals surface area contributed by atoms with Gasteiger partial charge in [0.1, 0.15) is 0 Å². The highest BCUT2D eigenvalue weighted by Crippen LogP contribution is 2.31. The molecule has 1 aromatic carbocycles. The molecule has 0 bridgehead atoms. The summed E-state index contributed by atoms with van der Waals surface area (Å²) in [6.45, 7) is 3.28. The molecule has 3 rings (SSSR count). The third-order valence-electron chi connectivity index (χ3n) is 3.86. The number of piperidine rings is 1. The van der Waals surface area contributed by atoms with Crippen molar-refractivity contribution in [3.8, 4) is 0 Å². The van der Waals surface area contributed by atoms with Gasteiger partial charge in [0.2, 0.25) is 0 Å². The molecular formula is C14H17F2NO2. The highest BCUT2D eigenvalue weighted by molar-refractivity contribution is 5.18. The molecular weight excluding hydrogens is 252 g/mol. The van der Waals surface area contributed by atoms with Crippen molar-refractivity contribution in [3.05, 3.63) is 35.4 Å². The van der Waals surface area contributed by atoms with Crippen LogP contribution in [0.1, 0.15) is 18.4 Å². The zero-order chi connectivity index (χ0) is 13.3. The van der Waals surface area contributed by atoms with E-state index in [4.69, 9.17) is 9.47 Å². The van der Waals surface area contributed by atoms with Gasteiger partial charge in [0.15, 0.2) is 17.4 Å². The molecule has 1 aromatic rings. The topological polar surface area (TPSA) is 21.7 Å². The van der Waals surface area contributed by atoms with Gasteiger partial charge < -0.3 is 9.47 Å². The Labute approximate surface area is 111 Å². The van der Waals surface area contributed by atoms with Gasteiger partial charge in [-0.05, 0) is 6.07 Å². The van der Waals surface area contributed by atoms with Crippen molar-refractivity contribution in [1.29, 1.82) is 0 Å². The molecule has 2 heterocycles. The fraction of sp³-hybridized carbons (Fsp3) is 0.571. The maximum atomic E-state index is 13.6. The number of rotatable bonds is 2. The highest BCUT2D eigenvalue weighted by Gasteiger charge is 2.39. The van der Waals surface area contributed by atoms with E-state index in [1.165, 1.54) is 0 Å². The smallest absolute Gasteiger partial charge is 0.170 e. The Morgan fingerprint density at radius 3 is 2.47 bits per heavy atom. The molecule has 2 fully saturated rings. The summed E-state index contributed by atoms with van der Waals surface area (Å²) < 4.78 is 38.0. The predicted molar refractivity (Wildman–Crippen MR) is 65.5 cm³/mol. The highest BCUT2D eigenvalue weighted by atomic mass is 19.2. The molecule has 0 aromatic heterocycles. The summed E-state index contributed by atoms with van der Waals surface area (Å²) in [5.41, 5.74) is 0.407. The normalized spacial score (nSPS) is 23.1. The summed E-state index contributed by atoms with van der Waals surface area (Å²) in [7, 11) is 0. The van der Waals surface area contributed by atoms with E-state index in [0.29, 0.717) is 25.3 Å². The van der Waals surface area contributed by atoms with E-state index < -0.39 is 17.4 Å². The zero-order valence-electron chi connectivity index (χ0n) is 10.7. The minimum atomic E-state index is -0.784. The third kappa shape index (κ3) is 2.63. The third-order valence-corrected chi connectivity index (χ3v) is 3.86. The van der Waals surface area contributed by atoms with Crippen molar-refractivity contribution in [3.63, 3.8) is 0 Å². The van der Waals surface area contributed by atoms with Crippen LogP contribution >= 0.6 is 0 Å². The zero-order valence-corrected chi connectivity index (χ0v) is 10.7. The van der Waals surface area contributed by atoms with Crippen LogP contribution in [0.15, 0.2) is 18.2 Å². The minimum Gasteiger partial charge on any atom is -0.347 e. The van der Waals surface area contributed by atoms with Crippen molar-refractivity contribution < 1.29 is 18.3 Å². The summed E-state index contributed by atoms with van der Waals surface area (Å²) in [5, 5.41) is 0. The average molecular weight is 269 g/mol. The van der Waals surface area contributed by atoms with Gasteiger partial charge >= 0.3 is 0 Å². The maximum Gasteiger partial charge on any atom is 0.170 e. The van der Waals surface area contributed by atoms with Gasteiger partial charge in [-0.2, -0.15) is 0 Å². The number of likely N-dealkylation sites (tertiary alicyclic amines) is 1. The van der Waals surface area contributed by atoms with Gasteiger partial charge in [-0.15, -0.1) is 0 Å². The molecule has 2 saturated heterocycles. The van der Waals surface area contributed by atoms with Crippen molar-refractivity contribution >= 4 is 0 Å². The van der Waals surface area contributed by atoms with Crippen LogP contribution in [0.5, 0.6) is 0 Å². The molecule has 0 amide bonds. The van der Waals surface area contributed by atoms with Gasteiger partial charge in [-0.1, -0.05) is 12.1 Å². The molecule has 0 saturated carbocycles. The first-order valence-corrected chi connectivity index (χ1v) is 6.62. The van der Waals surface area contributed by atoms with Crippen LogP contribution in [0.25, 0.3) is 0 Å². The summed E-state index contributed by atoms with van der Waals surface area (Å²) >= 11 is 0. The molecule has 0 unspecified atom stereocenters. The van der Waals surface area contributed by atoms with Crippen LogP contribution < -0.4 is 0 Å². The molecule has 19 heavy (non-hydrogen) atoms. The monoisotopic (exact) mass is 269 g/mol. The van der Waals surface area contributed by atoms with E-state index in [2.05, 4.69) is 4.90 Å². The molecule has 2 aliphatic rings. The van der Waals surface area contributed by atoms with Crippen LogP contribution in [0, 0.1) is 11.6 Å². The summed E-state index contributed by atoms with van der Waals surface area (Å²) in [5.74, 6) is -1.94. The number of nitrogens with zero attached hydrogens (tertiary/aromatic N) is 1. The lowest BCUT2D eigenvalue weighted by molar-refractivity contribution is -0.185. The Bertz CT molecular complexity index is 451. The van der Waals surface area contributed by atoms with E-state index in [1.54, 1.807) is 12.1 Å². The number of ether oxygens (including phenoxy) is 2. The second-order valence-electron chi connectivity index (χ2n) is 5.10. The Kier molecular flexibility index (Phi) is 3.52. The van der Waals surface area contributed by atoms with Crippen LogP contribution in [0.2, 0.25) is 0 Å². The second kappa shape index (κ2) is 5.15. The van der Waals surface area contributed by atoms with E-state index >= 15 is 0 Å². The summed E-state index contributed by atoms with van der Waals surface area (Å²) in [6.07, 6.45) is 1.56. The molecule has 0 N–H and O–H groups in total. The maximum absolute atomic E-state index is 13.6. The SMILES string of the molecule is Fc1cccc(CN2CCC3(CC2)OCCO3)c1F. The van der Waals surface area contributed by atoms with E-state index in [1.807, 2.05) is 0 Å². The molecule has 3 nitrogen and oxygen atoms in total. The first kappa shape index (κ1) is 13.0. The van der Waals surface area contributed by atoms with Gasteiger partial charge in [0.25, 0.3) is 0 Å². The number of benzene rings is 1. The van der Waals surface area contributed by atoms with Gasteiger partial charge in [-0.3, -0.25) is 4.90 Å². The molecule has 5 heteroatoms. The van der Waals surface area contributed by atoms with Crippen molar-refractivity contribution in [2.75, 3.05) is 26.3 Å². The Balaban J connectivity index is 1.61. The molecule has 0 aliphatic carbocycles. The van der Waals surface area contributed by atoms with Crippen molar-refractivity contribution in [2.24, 2.45) is 0 Å².